The molecule has 1 rings (SSSR count). The lowest BCUT2D eigenvalue weighted by Crippen LogP contribution is -2.40. The lowest BCUT2D eigenvalue weighted by atomic mass is 9.79. The minimum absolute atomic E-state index is 0.168. The highest BCUT2D eigenvalue weighted by molar-refractivity contribution is 5.58. The van der Waals surface area contributed by atoms with E-state index in [0.29, 0.717) is 5.92 Å². The predicted molar refractivity (Wildman–Crippen MR) is 34.2 cm³/mol. The van der Waals surface area contributed by atoms with Gasteiger partial charge in [-0.2, -0.15) is 0 Å². The second kappa shape index (κ2) is 2.10. The van der Waals surface area contributed by atoms with Crippen LogP contribution in [0.3, 0.4) is 0 Å². The standard InChI is InChI=1S/C7H12O2/c1-7(2,5-8)6-3-9-4-6/h5-6H,3-4H2,1-2H3. The summed E-state index contributed by atoms with van der Waals surface area (Å²) in [5.41, 5.74) is -0.168. The fourth-order valence-electron chi connectivity index (χ4n) is 0.761. The number of rotatable bonds is 2. The molecule has 0 aromatic carbocycles. The van der Waals surface area contributed by atoms with E-state index in [1.807, 2.05) is 13.8 Å². The van der Waals surface area contributed by atoms with Crippen LogP contribution in [-0.4, -0.2) is 19.5 Å². The van der Waals surface area contributed by atoms with Gasteiger partial charge in [0, 0.05) is 11.3 Å². The second-order valence-corrected chi connectivity index (χ2v) is 3.17. The molecule has 0 radical (unpaired) electrons. The Kier molecular flexibility index (Phi) is 1.58. The normalized spacial score (nSPS) is 21.1. The van der Waals surface area contributed by atoms with Crippen molar-refractivity contribution in [3.63, 3.8) is 0 Å². The molecule has 0 saturated carbocycles. The summed E-state index contributed by atoms with van der Waals surface area (Å²) in [4.78, 5) is 10.4. The minimum Gasteiger partial charge on any atom is -0.381 e. The van der Waals surface area contributed by atoms with E-state index in [1.165, 1.54) is 0 Å². The average molecular weight is 128 g/mol. The van der Waals surface area contributed by atoms with Crippen LogP contribution in [0.4, 0.5) is 0 Å². The van der Waals surface area contributed by atoms with Crippen LogP contribution in [0.25, 0.3) is 0 Å². The highest BCUT2D eigenvalue weighted by atomic mass is 16.5. The van der Waals surface area contributed by atoms with Gasteiger partial charge in [0.1, 0.15) is 6.29 Å². The van der Waals surface area contributed by atoms with Crippen LogP contribution in [0.15, 0.2) is 0 Å². The van der Waals surface area contributed by atoms with Crippen molar-refractivity contribution in [3.8, 4) is 0 Å². The molecule has 0 amide bonds. The number of hydrogen-bond donors (Lipinski definition) is 0. The molecule has 0 spiro atoms. The van der Waals surface area contributed by atoms with Crippen molar-refractivity contribution in [3.05, 3.63) is 0 Å². The van der Waals surface area contributed by atoms with Crippen LogP contribution in [0.1, 0.15) is 13.8 Å². The Balaban J connectivity index is 2.46. The van der Waals surface area contributed by atoms with Crippen LogP contribution >= 0.6 is 0 Å². The fourth-order valence-corrected chi connectivity index (χ4v) is 0.761. The van der Waals surface area contributed by atoms with Gasteiger partial charge in [-0.1, -0.05) is 13.8 Å². The van der Waals surface area contributed by atoms with E-state index in [4.69, 9.17) is 4.74 Å². The van der Waals surface area contributed by atoms with E-state index in [1.54, 1.807) is 0 Å². The highest BCUT2D eigenvalue weighted by Crippen LogP contribution is 2.29. The van der Waals surface area contributed by atoms with Crippen LogP contribution in [0, 0.1) is 11.3 Å². The Hall–Kier alpha value is -0.370. The van der Waals surface area contributed by atoms with Gasteiger partial charge in [0.05, 0.1) is 13.2 Å². The summed E-state index contributed by atoms with van der Waals surface area (Å²) < 4.78 is 4.96. The Bertz CT molecular complexity index is 114. The zero-order valence-corrected chi connectivity index (χ0v) is 5.89. The Morgan fingerprint density at radius 2 is 2.11 bits per heavy atom. The highest BCUT2D eigenvalue weighted by Gasteiger charge is 2.34. The van der Waals surface area contributed by atoms with Gasteiger partial charge in [0.15, 0.2) is 0 Å². The molecule has 1 aliphatic heterocycles. The van der Waals surface area contributed by atoms with Crippen LogP contribution < -0.4 is 0 Å². The molecule has 52 valence electrons. The Labute approximate surface area is 55.2 Å². The smallest absolute Gasteiger partial charge is 0.126 e. The van der Waals surface area contributed by atoms with E-state index < -0.39 is 0 Å². The number of carbonyl (C=O) groups excluding carboxylic acids is 1. The summed E-state index contributed by atoms with van der Waals surface area (Å²) in [5.74, 6) is 0.454. The molecule has 0 unspecified atom stereocenters. The van der Waals surface area contributed by atoms with Crippen LogP contribution in [0.5, 0.6) is 0 Å². The SMILES string of the molecule is CC(C)(C=O)C1COC1. The quantitative estimate of drug-likeness (QED) is 0.515. The van der Waals surface area contributed by atoms with Gasteiger partial charge in [0.25, 0.3) is 0 Å². The summed E-state index contributed by atoms with van der Waals surface area (Å²) >= 11 is 0. The van der Waals surface area contributed by atoms with Gasteiger partial charge >= 0.3 is 0 Å². The summed E-state index contributed by atoms with van der Waals surface area (Å²) in [5, 5.41) is 0. The topological polar surface area (TPSA) is 26.3 Å². The van der Waals surface area contributed by atoms with Crippen molar-refractivity contribution >= 4 is 6.29 Å². The number of hydrogen-bond acceptors (Lipinski definition) is 2. The van der Waals surface area contributed by atoms with Crippen molar-refractivity contribution < 1.29 is 9.53 Å². The third-order valence-electron chi connectivity index (χ3n) is 1.99. The Morgan fingerprint density at radius 1 is 1.56 bits per heavy atom. The van der Waals surface area contributed by atoms with Gasteiger partial charge in [-0.25, -0.2) is 0 Å². The predicted octanol–water partition coefficient (Wildman–Crippen LogP) is 0.858. The first kappa shape index (κ1) is 6.75. The lowest BCUT2D eigenvalue weighted by molar-refractivity contribution is -0.131. The van der Waals surface area contributed by atoms with Gasteiger partial charge in [0.2, 0.25) is 0 Å². The monoisotopic (exact) mass is 128 g/mol. The molecule has 9 heavy (non-hydrogen) atoms. The molecule has 0 N–H and O–H groups in total. The second-order valence-electron chi connectivity index (χ2n) is 3.17. The number of carbonyl (C=O) groups is 1. The lowest BCUT2D eigenvalue weighted by Gasteiger charge is -2.35. The third-order valence-corrected chi connectivity index (χ3v) is 1.99. The first-order valence-corrected chi connectivity index (χ1v) is 3.21. The van der Waals surface area contributed by atoms with Gasteiger partial charge in [-0.3, -0.25) is 0 Å². The van der Waals surface area contributed by atoms with Gasteiger partial charge in [-0.15, -0.1) is 0 Å². The summed E-state index contributed by atoms with van der Waals surface area (Å²) in [6.45, 7) is 5.41. The zero-order valence-electron chi connectivity index (χ0n) is 5.89. The third kappa shape index (κ3) is 1.13. The molecular formula is C7H12O2. The van der Waals surface area contributed by atoms with Crippen molar-refractivity contribution in [2.45, 2.75) is 13.8 Å². The maximum absolute atomic E-state index is 10.4. The van der Waals surface area contributed by atoms with E-state index in [2.05, 4.69) is 0 Å². The summed E-state index contributed by atoms with van der Waals surface area (Å²) in [6.07, 6.45) is 1.01. The fraction of sp³-hybridized carbons (Fsp3) is 0.857. The number of aldehydes is 1. The van der Waals surface area contributed by atoms with E-state index >= 15 is 0 Å². The molecule has 1 aliphatic rings. The summed E-state index contributed by atoms with van der Waals surface area (Å²) in [6, 6.07) is 0. The van der Waals surface area contributed by atoms with Crippen molar-refractivity contribution in [1.29, 1.82) is 0 Å². The maximum Gasteiger partial charge on any atom is 0.126 e. The average Bonchev–Trinajstić information content (AvgIpc) is 1.60. The minimum atomic E-state index is -0.168. The molecule has 2 nitrogen and oxygen atoms in total. The first-order valence-electron chi connectivity index (χ1n) is 3.21. The molecule has 1 fully saturated rings. The maximum atomic E-state index is 10.4. The molecule has 0 atom stereocenters. The van der Waals surface area contributed by atoms with Gasteiger partial charge in [-0.05, 0) is 0 Å². The first-order chi connectivity index (χ1) is 4.17. The number of ether oxygens (including phenoxy) is 1. The van der Waals surface area contributed by atoms with Crippen molar-refractivity contribution in [2.75, 3.05) is 13.2 Å². The van der Waals surface area contributed by atoms with E-state index in [0.717, 1.165) is 19.5 Å². The molecule has 0 aromatic heterocycles. The van der Waals surface area contributed by atoms with Crippen molar-refractivity contribution in [2.24, 2.45) is 11.3 Å². The molecule has 1 heterocycles. The molecule has 0 aromatic rings. The van der Waals surface area contributed by atoms with E-state index in [-0.39, 0.29) is 5.41 Å². The molecule has 2 heteroatoms. The zero-order chi connectivity index (χ0) is 6.91. The molecule has 1 saturated heterocycles. The molecule has 0 bridgehead atoms. The molecule has 0 aliphatic carbocycles. The van der Waals surface area contributed by atoms with Crippen LogP contribution in [-0.2, 0) is 9.53 Å². The van der Waals surface area contributed by atoms with E-state index in [9.17, 15) is 4.79 Å². The van der Waals surface area contributed by atoms with Gasteiger partial charge < -0.3 is 9.53 Å². The Morgan fingerprint density at radius 3 is 2.22 bits per heavy atom. The molecular weight excluding hydrogens is 116 g/mol. The summed E-state index contributed by atoms with van der Waals surface area (Å²) in [7, 11) is 0. The largest absolute Gasteiger partial charge is 0.381 e. The van der Waals surface area contributed by atoms with Crippen molar-refractivity contribution in [1.82, 2.24) is 0 Å². The van der Waals surface area contributed by atoms with Crippen LogP contribution in [0.2, 0.25) is 0 Å².